The van der Waals surface area contributed by atoms with E-state index in [0.717, 1.165) is 24.3 Å². The van der Waals surface area contributed by atoms with Crippen molar-refractivity contribution in [3.8, 4) is 5.75 Å². The molecular weight excluding hydrogens is 257 g/mol. The SMILES string of the molecule is Nc1ccc(OS(=O)(=O)c2ccc(F)cc2)cc1. The lowest BCUT2D eigenvalue weighted by molar-refractivity contribution is 0.486. The van der Waals surface area contributed by atoms with Crippen LogP contribution >= 0.6 is 0 Å². The van der Waals surface area contributed by atoms with Gasteiger partial charge in [-0.15, -0.1) is 0 Å². The van der Waals surface area contributed by atoms with E-state index in [4.69, 9.17) is 9.92 Å². The Morgan fingerprint density at radius 2 is 1.50 bits per heavy atom. The third-order valence-corrected chi connectivity index (χ3v) is 3.45. The van der Waals surface area contributed by atoms with E-state index in [1.165, 1.54) is 24.3 Å². The third kappa shape index (κ3) is 2.78. The van der Waals surface area contributed by atoms with E-state index in [1.807, 2.05) is 0 Å². The second-order valence-electron chi connectivity index (χ2n) is 3.56. The van der Waals surface area contributed by atoms with Crippen LogP contribution in [0.3, 0.4) is 0 Å². The van der Waals surface area contributed by atoms with E-state index < -0.39 is 15.9 Å². The summed E-state index contributed by atoms with van der Waals surface area (Å²) in [5.41, 5.74) is 5.97. The smallest absolute Gasteiger partial charge is 0.339 e. The van der Waals surface area contributed by atoms with Gasteiger partial charge in [-0.2, -0.15) is 8.42 Å². The molecule has 0 saturated carbocycles. The minimum absolute atomic E-state index is 0.110. The molecule has 4 nitrogen and oxygen atoms in total. The average Bonchev–Trinajstić information content (AvgIpc) is 2.32. The maximum absolute atomic E-state index is 12.7. The first-order chi connectivity index (χ1) is 8.47. The minimum atomic E-state index is -3.95. The Labute approximate surface area is 104 Å². The van der Waals surface area contributed by atoms with Crippen molar-refractivity contribution >= 4 is 15.8 Å². The van der Waals surface area contributed by atoms with Gasteiger partial charge in [-0.05, 0) is 48.5 Å². The average molecular weight is 267 g/mol. The molecule has 0 spiro atoms. The van der Waals surface area contributed by atoms with E-state index >= 15 is 0 Å². The van der Waals surface area contributed by atoms with Gasteiger partial charge in [0.2, 0.25) is 0 Å². The fourth-order valence-electron chi connectivity index (χ4n) is 1.30. The number of benzene rings is 2. The van der Waals surface area contributed by atoms with Gasteiger partial charge < -0.3 is 9.92 Å². The Morgan fingerprint density at radius 3 is 2.06 bits per heavy atom. The van der Waals surface area contributed by atoms with Gasteiger partial charge in [0.05, 0.1) is 0 Å². The lowest BCUT2D eigenvalue weighted by Crippen LogP contribution is -2.09. The Bertz CT molecular complexity index is 636. The molecule has 0 saturated heterocycles. The van der Waals surface area contributed by atoms with Gasteiger partial charge >= 0.3 is 10.1 Å². The quantitative estimate of drug-likeness (QED) is 0.683. The summed E-state index contributed by atoms with van der Waals surface area (Å²) in [6.07, 6.45) is 0. The van der Waals surface area contributed by atoms with Crippen LogP contribution in [-0.4, -0.2) is 8.42 Å². The van der Waals surface area contributed by atoms with Crippen molar-refractivity contribution in [1.82, 2.24) is 0 Å². The van der Waals surface area contributed by atoms with Gasteiger partial charge in [0.1, 0.15) is 16.5 Å². The van der Waals surface area contributed by atoms with Crippen LogP contribution in [0.4, 0.5) is 10.1 Å². The molecule has 0 aliphatic rings. The summed E-state index contributed by atoms with van der Waals surface area (Å²) >= 11 is 0. The summed E-state index contributed by atoms with van der Waals surface area (Å²) in [6, 6.07) is 10.3. The molecule has 0 atom stereocenters. The molecule has 0 fully saturated rings. The van der Waals surface area contributed by atoms with Crippen LogP contribution in [0.25, 0.3) is 0 Å². The Balaban J connectivity index is 2.27. The molecule has 0 radical (unpaired) electrons. The largest absolute Gasteiger partial charge is 0.399 e. The molecule has 0 aromatic heterocycles. The highest BCUT2D eigenvalue weighted by molar-refractivity contribution is 7.87. The Kier molecular flexibility index (Phi) is 3.20. The summed E-state index contributed by atoms with van der Waals surface area (Å²) in [5, 5.41) is 0. The molecule has 0 bridgehead atoms. The minimum Gasteiger partial charge on any atom is -0.399 e. The monoisotopic (exact) mass is 267 g/mol. The number of anilines is 1. The number of nitrogens with two attached hydrogens (primary N) is 1. The van der Waals surface area contributed by atoms with E-state index in [1.54, 1.807) is 0 Å². The van der Waals surface area contributed by atoms with Crippen molar-refractivity contribution in [2.75, 3.05) is 5.73 Å². The summed E-state index contributed by atoms with van der Waals surface area (Å²) in [4.78, 5) is -0.110. The summed E-state index contributed by atoms with van der Waals surface area (Å²) in [7, 11) is -3.95. The molecule has 0 aliphatic heterocycles. The first-order valence-electron chi connectivity index (χ1n) is 5.03. The number of halogens is 1. The van der Waals surface area contributed by atoms with E-state index in [0.29, 0.717) is 5.69 Å². The summed E-state index contributed by atoms with van der Waals surface area (Å²) in [6.45, 7) is 0. The van der Waals surface area contributed by atoms with Crippen LogP contribution in [0.15, 0.2) is 53.4 Å². The topological polar surface area (TPSA) is 69.4 Å². The van der Waals surface area contributed by atoms with E-state index in [9.17, 15) is 12.8 Å². The second kappa shape index (κ2) is 4.66. The van der Waals surface area contributed by atoms with Crippen molar-refractivity contribution in [3.05, 3.63) is 54.3 Å². The van der Waals surface area contributed by atoms with Crippen molar-refractivity contribution in [2.45, 2.75) is 4.90 Å². The molecule has 0 aliphatic carbocycles. The van der Waals surface area contributed by atoms with Gasteiger partial charge in [-0.25, -0.2) is 4.39 Å². The van der Waals surface area contributed by atoms with Crippen molar-refractivity contribution in [2.24, 2.45) is 0 Å². The zero-order valence-corrected chi connectivity index (χ0v) is 10.0. The summed E-state index contributed by atoms with van der Waals surface area (Å²) in [5.74, 6) is -0.366. The molecule has 0 amide bonds. The van der Waals surface area contributed by atoms with Crippen molar-refractivity contribution < 1.29 is 17.0 Å². The predicted octanol–water partition coefficient (Wildman–Crippen LogP) is 2.18. The maximum atomic E-state index is 12.7. The molecule has 2 rings (SSSR count). The lowest BCUT2D eigenvalue weighted by atomic mass is 10.3. The first kappa shape index (κ1) is 12.4. The van der Waals surface area contributed by atoms with Gasteiger partial charge in [0.25, 0.3) is 0 Å². The molecule has 2 aromatic carbocycles. The van der Waals surface area contributed by atoms with Gasteiger partial charge in [-0.1, -0.05) is 0 Å². The van der Waals surface area contributed by atoms with Crippen LogP contribution in [0.1, 0.15) is 0 Å². The molecule has 6 heteroatoms. The fraction of sp³-hybridized carbons (Fsp3) is 0. The molecule has 2 N–H and O–H groups in total. The molecule has 18 heavy (non-hydrogen) atoms. The second-order valence-corrected chi connectivity index (χ2v) is 5.11. The fourth-order valence-corrected chi connectivity index (χ4v) is 2.23. The predicted molar refractivity (Wildman–Crippen MR) is 65.1 cm³/mol. The van der Waals surface area contributed by atoms with Gasteiger partial charge in [0, 0.05) is 5.69 Å². The normalized spacial score (nSPS) is 11.2. The zero-order valence-electron chi connectivity index (χ0n) is 9.21. The van der Waals surface area contributed by atoms with Crippen molar-refractivity contribution in [3.63, 3.8) is 0 Å². The highest BCUT2D eigenvalue weighted by Crippen LogP contribution is 2.19. The Morgan fingerprint density at radius 1 is 0.944 bits per heavy atom. The number of nitrogen functional groups attached to an aromatic ring is 1. The first-order valence-corrected chi connectivity index (χ1v) is 6.44. The van der Waals surface area contributed by atoms with Gasteiger partial charge in [-0.3, -0.25) is 0 Å². The highest BCUT2D eigenvalue weighted by atomic mass is 32.2. The molecule has 0 unspecified atom stereocenters. The summed E-state index contributed by atoms with van der Waals surface area (Å²) < 4.78 is 41.2. The standard InChI is InChI=1S/C12H10FNO3S/c13-9-1-7-12(8-2-9)18(15,16)17-11-5-3-10(14)4-6-11/h1-8H,14H2. The maximum Gasteiger partial charge on any atom is 0.339 e. The highest BCUT2D eigenvalue weighted by Gasteiger charge is 2.16. The molecule has 94 valence electrons. The van der Waals surface area contributed by atoms with Crippen LogP contribution in [0.5, 0.6) is 5.75 Å². The van der Waals surface area contributed by atoms with Gasteiger partial charge in [0.15, 0.2) is 0 Å². The van der Waals surface area contributed by atoms with E-state index in [2.05, 4.69) is 0 Å². The number of hydrogen-bond acceptors (Lipinski definition) is 4. The number of rotatable bonds is 3. The van der Waals surface area contributed by atoms with Crippen LogP contribution in [0, 0.1) is 5.82 Å². The van der Waals surface area contributed by atoms with Crippen LogP contribution in [0.2, 0.25) is 0 Å². The van der Waals surface area contributed by atoms with Crippen LogP contribution in [-0.2, 0) is 10.1 Å². The third-order valence-electron chi connectivity index (χ3n) is 2.19. The lowest BCUT2D eigenvalue weighted by Gasteiger charge is -2.06. The number of hydrogen-bond donors (Lipinski definition) is 1. The van der Waals surface area contributed by atoms with Crippen LogP contribution < -0.4 is 9.92 Å². The Hall–Kier alpha value is -2.08. The molecule has 2 aromatic rings. The van der Waals surface area contributed by atoms with E-state index in [-0.39, 0.29) is 10.6 Å². The zero-order chi connectivity index (χ0) is 13.2. The molecular formula is C12H10FNO3S. The molecule has 0 heterocycles. The van der Waals surface area contributed by atoms with Crippen molar-refractivity contribution in [1.29, 1.82) is 0 Å².